The second-order valence-corrected chi connectivity index (χ2v) is 6.08. The molecule has 3 nitrogen and oxygen atoms in total. The van der Waals surface area contributed by atoms with Gasteiger partial charge in [-0.15, -0.1) is 0 Å². The average molecular weight is 254 g/mol. The van der Waals surface area contributed by atoms with E-state index in [0.717, 1.165) is 32.5 Å². The minimum atomic E-state index is 0.237. The number of hydrogen-bond donors (Lipinski definition) is 2. The highest BCUT2D eigenvalue weighted by Gasteiger charge is 2.17. The molecule has 2 aliphatic heterocycles. The van der Waals surface area contributed by atoms with E-state index < -0.39 is 0 Å². The van der Waals surface area contributed by atoms with Crippen molar-refractivity contribution >= 4 is 17.7 Å². The molecule has 2 aliphatic rings. The van der Waals surface area contributed by atoms with E-state index in [9.17, 15) is 4.79 Å². The van der Waals surface area contributed by atoms with Gasteiger partial charge in [-0.2, -0.15) is 11.8 Å². The zero-order valence-electron chi connectivity index (χ0n) is 10.3. The van der Waals surface area contributed by atoms with Crippen LogP contribution in [0.25, 0.3) is 0 Å². The third-order valence-corrected chi connectivity index (χ3v) is 4.53. The minimum Gasteiger partial charge on any atom is -0.352 e. The third kappa shape index (κ3) is 4.72. The van der Waals surface area contributed by atoms with Gasteiger partial charge in [0.25, 0.3) is 0 Å². The monoisotopic (exact) mass is 254 g/mol. The first-order chi connectivity index (χ1) is 8.34. The number of thioether (sulfide) groups is 1. The molecule has 0 aromatic heterocycles. The molecular weight excluding hydrogens is 232 g/mol. The summed E-state index contributed by atoms with van der Waals surface area (Å²) >= 11 is 2.01. The van der Waals surface area contributed by atoms with Crippen molar-refractivity contribution in [2.75, 3.05) is 31.1 Å². The van der Waals surface area contributed by atoms with Crippen LogP contribution >= 0.6 is 11.8 Å². The first-order valence-corrected chi connectivity index (χ1v) is 7.73. The number of amides is 1. The fourth-order valence-electron chi connectivity index (χ4n) is 2.33. The predicted molar refractivity (Wildman–Crippen MR) is 73.2 cm³/mol. The van der Waals surface area contributed by atoms with E-state index in [1.165, 1.54) is 29.9 Å². The van der Waals surface area contributed by atoms with E-state index in [0.29, 0.717) is 5.92 Å². The van der Waals surface area contributed by atoms with Gasteiger partial charge >= 0.3 is 0 Å². The molecule has 0 aliphatic carbocycles. The Morgan fingerprint density at radius 2 is 2.29 bits per heavy atom. The lowest BCUT2D eigenvalue weighted by Gasteiger charge is -2.21. The Kier molecular flexibility index (Phi) is 5.39. The van der Waals surface area contributed by atoms with Gasteiger partial charge in [0.15, 0.2) is 0 Å². The highest BCUT2D eigenvalue weighted by molar-refractivity contribution is 7.99. The first-order valence-electron chi connectivity index (χ1n) is 6.57. The second-order valence-electron chi connectivity index (χ2n) is 4.85. The number of carbonyl (C=O) groups is 1. The Balaban J connectivity index is 1.64. The van der Waals surface area contributed by atoms with Gasteiger partial charge in [0.05, 0.1) is 0 Å². The highest BCUT2D eigenvalue weighted by Crippen LogP contribution is 2.25. The lowest BCUT2D eigenvalue weighted by Crippen LogP contribution is -2.31. The van der Waals surface area contributed by atoms with Gasteiger partial charge in [0, 0.05) is 19.5 Å². The SMILES string of the molecule is O=C(CC1CCSCC1)NCC1=CCNCC1. The molecule has 0 bridgehead atoms. The lowest BCUT2D eigenvalue weighted by atomic mass is 9.98. The van der Waals surface area contributed by atoms with Crippen LogP contribution in [0.5, 0.6) is 0 Å². The summed E-state index contributed by atoms with van der Waals surface area (Å²) < 4.78 is 0. The van der Waals surface area contributed by atoms with E-state index in [-0.39, 0.29) is 5.91 Å². The van der Waals surface area contributed by atoms with Gasteiger partial charge in [0.1, 0.15) is 0 Å². The minimum absolute atomic E-state index is 0.237. The molecule has 2 rings (SSSR count). The van der Waals surface area contributed by atoms with Crippen molar-refractivity contribution in [3.8, 4) is 0 Å². The molecule has 0 saturated carbocycles. The molecule has 2 heterocycles. The van der Waals surface area contributed by atoms with Gasteiger partial charge in [0.2, 0.25) is 5.91 Å². The van der Waals surface area contributed by atoms with E-state index in [4.69, 9.17) is 0 Å². The van der Waals surface area contributed by atoms with E-state index in [1.54, 1.807) is 0 Å². The molecule has 0 radical (unpaired) electrons. The van der Waals surface area contributed by atoms with Gasteiger partial charge < -0.3 is 10.6 Å². The van der Waals surface area contributed by atoms with Gasteiger partial charge in [-0.1, -0.05) is 11.6 Å². The maximum Gasteiger partial charge on any atom is 0.220 e. The van der Waals surface area contributed by atoms with Crippen LogP contribution in [0.3, 0.4) is 0 Å². The van der Waals surface area contributed by atoms with Crippen molar-refractivity contribution in [3.05, 3.63) is 11.6 Å². The largest absolute Gasteiger partial charge is 0.352 e. The Labute approximate surface area is 108 Å². The van der Waals surface area contributed by atoms with Gasteiger partial charge in [-0.05, 0) is 43.2 Å². The summed E-state index contributed by atoms with van der Waals surface area (Å²) in [5.74, 6) is 3.32. The molecule has 1 amide bonds. The first kappa shape index (κ1) is 13.0. The lowest BCUT2D eigenvalue weighted by molar-refractivity contribution is -0.121. The van der Waals surface area contributed by atoms with Crippen LogP contribution in [0.1, 0.15) is 25.7 Å². The molecule has 0 spiro atoms. The average Bonchev–Trinajstić information content (AvgIpc) is 2.39. The van der Waals surface area contributed by atoms with Crippen LogP contribution in [0.2, 0.25) is 0 Å². The van der Waals surface area contributed by atoms with Crippen molar-refractivity contribution in [2.45, 2.75) is 25.7 Å². The summed E-state index contributed by atoms with van der Waals surface area (Å²) in [5, 5.41) is 6.33. The molecule has 0 aromatic rings. The molecular formula is C13H22N2OS. The van der Waals surface area contributed by atoms with Crippen molar-refractivity contribution in [1.82, 2.24) is 10.6 Å². The fourth-order valence-corrected chi connectivity index (χ4v) is 3.53. The Morgan fingerprint density at radius 3 is 3.00 bits per heavy atom. The summed E-state index contributed by atoms with van der Waals surface area (Å²) in [6.45, 7) is 2.74. The number of carbonyl (C=O) groups excluding carboxylic acids is 1. The Morgan fingerprint density at radius 1 is 1.47 bits per heavy atom. The van der Waals surface area contributed by atoms with Crippen molar-refractivity contribution in [2.24, 2.45) is 5.92 Å². The quantitative estimate of drug-likeness (QED) is 0.748. The van der Waals surface area contributed by atoms with Crippen molar-refractivity contribution < 1.29 is 4.79 Å². The topological polar surface area (TPSA) is 41.1 Å². The summed E-state index contributed by atoms with van der Waals surface area (Å²) in [5.41, 5.74) is 1.37. The molecule has 2 N–H and O–H groups in total. The Bertz CT molecular complexity index is 285. The number of nitrogens with one attached hydrogen (secondary N) is 2. The fraction of sp³-hybridized carbons (Fsp3) is 0.769. The molecule has 0 aromatic carbocycles. The van der Waals surface area contributed by atoms with Crippen LogP contribution in [0.15, 0.2) is 11.6 Å². The van der Waals surface area contributed by atoms with Crippen LogP contribution < -0.4 is 10.6 Å². The molecule has 96 valence electrons. The zero-order valence-corrected chi connectivity index (χ0v) is 11.2. The summed E-state index contributed by atoms with van der Waals surface area (Å²) in [6.07, 6.45) is 6.42. The third-order valence-electron chi connectivity index (χ3n) is 3.49. The molecule has 17 heavy (non-hydrogen) atoms. The van der Waals surface area contributed by atoms with Gasteiger partial charge in [-0.25, -0.2) is 0 Å². The summed E-state index contributed by atoms with van der Waals surface area (Å²) in [4.78, 5) is 11.8. The maximum atomic E-state index is 11.8. The van der Waals surface area contributed by atoms with Crippen LogP contribution in [-0.4, -0.2) is 37.0 Å². The van der Waals surface area contributed by atoms with Gasteiger partial charge in [-0.3, -0.25) is 4.79 Å². The van der Waals surface area contributed by atoms with E-state index in [2.05, 4.69) is 16.7 Å². The number of rotatable bonds is 4. The maximum absolute atomic E-state index is 11.8. The standard InChI is InChI=1S/C13H22N2OS/c16-13(9-11-3-7-17-8-4-11)15-10-12-1-5-14-6-2-12/h1,11,14H,2-10H2,(H,15,16). The molecule has 4 heteroatoms. The highest BCUT2D eigenvalue weighted by atomic mass is 32.2. The van der Waals surface area contributed by atoms with E-state index >= 15 is 0 Å². The normalized spacial score (nSPS) is 22.0. The van der Waals surface area contributed by atoms with Crippen LogP contribution in [-0.2, 0) is 4.79 Å². The molecule has 1 saturated heterocycles. The predicted octanol–water partition coefficient (Wildman–Crippen LogP) is 1.56. The van der Waals surface area contributed by atoms with Crippen LogP contribution in [0, 0.1) is 5.92 Å². The second kappa shape index (κ2) is 7.07. The van der Waals surface area contributed by atoms with Crippen molar-refractivity contribution in [3.63, 3.8) is 0 Å². The van der Waals surface area contributed by atoms with Crippen LogP contribution in [0.4, 0.5) is 0 Å². The Hall–Kier alpha value is -0.480. The number of hydrogen-bond acceptors (Lipinski definition) is 3. The molecule has 0 atom stereocenters. The zero-order chi connectivity index (χ0) is 11.9. The van der Waals surface area contributed by atoms with Crippen molar-refractivity contribution in [1.29, 1.82) is 0 Å². The summed E-state index contributed by atoms with van der Waals surface area (Å²) in [6, 6.07) is 0. The molecule has 1 fully saturated rings. The van der Waals surface area contributed by atoms with E-state index in [1.807, 2.05) is 11.8 Å². The smallest absolute Gasteiger partial charge is 0.220 e. The molecule has 0 unspecified atom stereocenters. The summed E-state index contributed by atoms with van der Waals surface area (Å²) in [7, 11) is 0.